The summed E-state index contributed by atoms with van der Waals surface area (Å²) in [4.78, 5) is 14.7. The number of hydrogen-bond donors (Lipinski definition) is 1. The average molecular weight is 310 g/mol. The van der Waals surface area contributed by atoms with Gasteiger partial charge in [0.25, 0.3) is 0 Å². The molecule has 0 atom stereocenters. The van der Waals surface area contributed by atoms with Crippen molar-refractivity contribution >= 4 is 5.78 Å². The lowest BCUT2D eigenvalue weighted by atomic mass is 10.0. The fourth-order valence-electron chi connectivity index (χ4n) is 2.50. The number of nitrogens with zero attached hydrogens (tertiary/aromatic N) is 1. The molecule has 2 rings (SSSR count). The second-order valence-electron chi connectivity index (χ2n) is 6.05. The lowest BCUT2D eigenvalue weighted by molar-refractivity contribution is 0.103. The number of nitrogens with one attached hydrogen (secondary N) is 1. The second kappa shape index (κ2) is 9.23. The van der Waals surface area contributed by atoms with Crippen LogP contribution in [0.1, 0.15) is 27.9 Å². The van der Waals surface area contributed by atoms with Crippen molar-refractivity contribution in [3.05, 3.63) is 71.3 Å². The third-order valence-corrected chi connectivity index (χ3v) is 3.77. The van der Waals surface area contributed by atoms with E-state index in [9.17, 15) is 4.79 Å². The molecule has 0 aromatic heterocycles. The van der Waals surface area contributed by atoms with E-state index in [4.69, 9.17) is 0 Å². The molecule has 0 fully saturated rings. The van der Waals surface area contributed by atoms with Crippen molar-refractivity contribution in [2.24, 2.45) is 0 Å². The molecule has 122 valence electrons. The Morgan fingerprint density at radius 3 is 2.43 bits per heavy atom. The lowest BCUT2D eigenvalue weighted by Crippen LogP contribution is -2.23. The maximum atomic E-state index is 12.5. The van der Waals surface area contributed by atoms with Crippen LogP contribution in [0.5, 0.6) is 0 Å². The SMILES string of the molecule is CN(C)CCCNCCc1cccc(C(=O)c2ccccc2)c1. The van der Waals surface area contributed by atoms with Gasteiger partial charge in [-0.1, -0.05) is 48.5 Å². The van der Waals surface area contributed by atoms with E-state index in [1.165, 1.54) is 5.56 Å². The third kappa shape index (κ3) is 5.97. The smallest absolute Gasteiger partial charge is 0.193 e. The van der Waals surface area contributed by atoms with Gasteiger partial charge in [0.15, 0.2) is 5.78 Å². The zero-order valence-electron chi connectivity index (χ0n) is 14.1. The van der Waals surface area contributed by atoms with Crippen LogP contribution in [0.25, 0.3) is 0 Å². The Morgan fingerprint density at radius 2 is 1.70 bits per heavy atom. The van der Waals surface area contributed by atoms with Gasteiger partial charge < -0.3 is 10.2 Å². The summed E-state index contributed by atoms with van der Waals surface area (Å²) in [5.41, 5.74) is 2.71. The van der Waals surface area contributed by atoms with Crippen LogP contribution in [-0.4, -0.2) is 44.4 Å². The highest BCUT2D eigenvalue weighted by atomic mass is 16.1. The molecule has 0 radical (unpaired) electrons. The largest absolute Gasteiger partial charge is 0.316 e. The summed E-state index contributed by atoms with van der Waals surface area (Å²) in [5, 5.41) is 3.46. The molecule has 0 amide bonds. The first-order valence-electron chi connectivity index (χ1n) is 8.21. The van der Waals surface area contributed by atoms with Gasteiger partial charge in [-0.15, -0.1) is 0 Å². The Hall–Kier alpha value is -1.97. The fourth-order valence-corrected chi connectivity index (χ4v) is 2.50. The maximum Gasteiger partial charge on any atom is 0.193 e. The minimum Gasteiger partial charge on any atom is -0.316 e. The van der Waals surface area contributed by atoms with Gasteiger partial charge in [-0.2, -0.15) is 0 Å². The van der Waals surface area contributed by atoms with E-state index in [2.05, 4.69) is 30.4 Å². The molecule has 0 aliphatic carbocycles. The molecule has 0 spiro atoms. The van der Waals surface area contributed by atoms with Crippen molar-refractivity contribution in [2.75, 3.05) is 33.7 Å². The van der Waals surface area contributed by atoms with E-state index in [1.807, 2.05) is 48.5 Å². The number of rotatable bonds is 9. The van der Waals surface area contributed by atoms with Crippen LogP contribution in [0.3, 0.4) is 0 Å². The quantitative estimate of drug-likeness (QED) is 0.571. The van der Waals surface area contributed by atoms with Crippen LogP contribution in [-0.2, 0) is 6.42 Å². The molecule has 3 heteroatoms. The Kier molecular flexibility index (Phi) is 6.98. The van der Waals surface area contributed by atoms with E-state index in [0.717, 1.165) is 43.6 Å². The van der Waals surface area contributed by atoms with Crippen LogP contribution in [0.15, 0.2) is 54.6 Å². The molecule has 23 heavy (non-hydrogen) atoms. The van der Waals surface area contributed by atoms with Crippen LogP contribution in [0.4, 0.5) is 0 Å². The topological polar surface area (TPSA) is 32.3 Å². The molecule has 0 aliphatic rings. The normalized spacial score (nSPS) is 10.9. The first-order chi connectivity index (χ1) is 11.2. The summed E-state index contributed by atoms with van der Waals surface area (Å²) in [6.45, 7) is 3.07. The van der Waals surface area contributed by atoms with Gasteiger partial charge >= 0.3 is 0 Å². The molecule has 2 aromatic carbocycles. The summed E-state index contributed by atoms with van der Waals surface area (Å²) in [6, 6.07) is 17.4. The van der Waals surface area contributed by atoms with E-state index < -0.39 is 0 Å². The standard InChI is InChI=1S/C20H26N2O/c1-22(2)15-7-13-21-14-12-17-8-6-11-19(16-17)20(23)18-9-4-3-5-10-18/h3-6,8-11,16,21H,7,12-15H2,1-2H3. The minimum absolute atomic E-state index is 0.0893. The van der Waals surface area contributed by atoms with Crippen LogP contribution >= 0.6 is 0 Å². The zero-order valence-corrected chi connectivity index (χ0v) is 14.1. The van der Waals surface area contributed by atoms with Crippen LogP contribution in [0.2, 0.25) is 0 Å². The lowest BCUT2D eigenvalue weighted by Gasteiger charge is -2.10. The van der Waals surface area contributed by atoms with Crippen molar-refractivity contribution in [2.45, 2.75) is 12.8 Å². The van der Waals surface area contributed by atoms with Gasteiger partial charge in [0, 0.05) is 11.1 Å². The number of hydrogen-bond acceptors (Lipinski definition) is 3. The van der Waals surface area contributed by atoms with E-state index >= 15 is 0 Å². The average Bonchev–Trinajstić information content (AvgIpc) is 2.58. The van der Waals surface area contributed by atoms with Crippen molar-refractivity contribution in [1.29, 1.82) is 0 Å². The van der Waals surface area contributed by atoms with Gasteiger partial charge in [0.2, 0.25) is 0 Å². The van der Waals surface area contributed by atoms with Gasteiger partial charge in [0.1, 0.15) is 0 Å². The molecule has 0 unspecified atom stereocenters. The summed E-state index contributed by atoms with van der Waals surface area (Å²) >= 11 is 0. The first kappa shape index (κ1) is 17.4. The Labute approximate surface area is 139 Å². The molecule has 3 nitrogen and oxygen atoms in total. The van der Waals surface area contributed by atoms with Gasteiger partial charge in [0.05, 0.1) is 0 Å². The predicted molar refractivity (Wildman–Crippen MR) is 96.1 cm³/mol. The fraction of sp³-hybridized carbons (Fsp3) is 0.350. The number of carbonyl (C=O) groups is 1. The molecule has 0 heterocycles. The van der Waals surface area contributed by atoms with E-state index in [0.29, 0.717) is 0 Å². The molecular formula is C20H26N2O. The first-order valence-corrected chi connectivity index (χ1v) is 8.21. The second-order valence-corrected chi connectivity index (χ2v) is 6.05. The van der Waals surface area contributed by atoms with Gasteiger partial charge in [-0.05, 0) is 58.2 Å². The van der Waals surface area contributed by atoms with Crippen molar-refractivity contribution in [3.63, 3.8) is 0 Å². The number of benzene rings is 2. The summed E-state index contributed by atoms with van der Waals surface area (Å²) < 4.78 is 0. The number of ketones is 1. The van der Waals surface area contributed by atoms with Crippen molar-refractivity contribution in [3.8, 4) is 0 Å². The minimum atomic E-state index is 0.0893. The van der Waals surface area contributed by atoms with Crippen molar-refractivity contribution < 1.29 is 4.79 Å². The van der Waals surface area contributed by atoms with E-state index in [1.54, 1.807) is 0 Å². The monoisotopic (exact) mass is 310 g/mol. The number of carbonyl (C=O) groups excluding carboxylic acids is 1. The van der Waals surface area contributed by atoms with Gasteiger partial charge in [-0.3, -0.25) is 4.79 Å². The highest BCUT2D eigenvalue weighted by Gasteiger charge is 2.08. The molecule has 0 bridgehead atoms. The zero-order chi connectivity index (χ0) is 16.5. The van der Waals surface area contributed by atoms with Crippen LogP contribution in [0, 0.1) is 0 Å². The highest BCUT2D eigenvalue weighted by molar-refractivity contribution is 6.09. The van der Waals surface area contributed by atoms with Crippen molar-refractivity contribution in [1.82, 2.24) is 10.2 Å². The Morgan fingerprint density at radius 1 is 0.957 bits per heavy atom. The summed E-state index contributed by atoms with van der Waals surface area (Å²) in [5.74, 6) is 0.0893. The molecule has 0 saturated heterocycles. The summed E-state index contributed by atoms with van der Waals surface area (Å²) in [6.07, 6.45) is 2.09. The third-order valence-electron chi connectivity index (χ3n) is 3.77. The van der Waals surface area contributed by atoms with E-state index in [-0.39, 0.29) is 5.78 Å². The highest BCUT2D eigenvalue weighted by Crippen LogP contribution is 2.12. The van der Waals surface area contributed by atoms with Crippen LogP contribution < -0.4 is 5.32 Å². The maximum absolute atomic E-state index is 12.5. The Balaban J connectivity index is 1.84. The molecular weight excluding hydrogens is 284 g/mol. The molecule has 0 aliphatic heterocycles. The Bertz CT molecular complexity index is 608. The predicted octanol–water partition coefficient (Wildman–Crippen LogP) is 3.00. The molecule has 2 aromatic rings. The summed E-state index contributed by atoms with van der Waals surface area (Å²) in [7, 11) is 4.19. The van der Waals surface area contributed by atoms with Gasteiger partial charge in [-0.25, -0.2) is 0 Å². The molecule has 0 saturated carbocycles. The molecule has 1 N–H and O–H groups in total.